The fourth-order valence-corrected chi connectivity index (χ4v) is 4.46. The largest absolute Gasteiger partial charge is 0.489 e. The molecule has 1 aliphatic rings. The Kier molecular flexibility index (Phi) is 7.17. The number of ketones is 1. The molecule has 1 atom stereocenters. The summed E-state index contributed by atoms with van der Waals surface area (Å²) in [5, 5.41) is 7.96. The summed E-state index contributed by atoms with van der Waals surface area (Å²) in [7, 11) is 0. The van der Waals surface area contributed by atoms with E-state index >= 15 is 0 Å². The van der Waals surface area contributed by atoms with Crippen LogP contribution in [-0.4, -0.2) is 11.6 Å². The molecule has 0 saturated heterocycles. The third-order valence-electron chi connectivity index (χ3n) is 6.12. The second-order valence-corrected chi connectivity index (χ2v) is 9.74. The molecule has 4 aromatic rings. The van der Waals surface area contributed by atoms with Gasteiger partial charge in [-0.1, -0.05) is 65.2 Å². The third-order valence-corrected chi connectivity index (χ3v) is 6.63. The maximum Gasteiger partial charge on any atom is 0.198 e. The van der Waals surface area contributed by atoms with Crippen LogP contribution in [0.15, 0.2) is 102 Å². The van der Waals surface area contributed by atoms with E-state index in [1.165, 1.54) is 6.92 Å². The zero-order chi connectivity index (χ0) is 25.9. The van der Waals surface area contributed by atoms with Gasteiger partial charge in [0.05, 0.1) is 5.69 Å². The van der Waals surface area contributed by atoms with Gasteiger partial charge in [-0.15, -0.1) is 5.10 Å². The first-order valence-corrected chi connectivity index (χ1v) is 12.6. The van der Waals surface area contributed by atoms with Crippen LogP contribution in [0.1, 0.15) is 29.8 Å². The minimum Gasteiger partial charge on any atom is -0.489 e. The molecule has 5 rings (SSSR count). The van der Waals surface area contributed by atoms with Crippen molar-refractivity contribution in [1.29, 1.82) is 0 Å². The first kappa shape index (κ1) is 24.9. The number of carbonyl (C=O) groups excluding carboxylic acids is 1. The van der Waals surface area contributed by atoms with Gasteiger partial charge >= 0.3 is 0 Å². The molecule has 0 radical (unpaired) electrons. The average molecular weight is 530 g/mol. The number of halogens is 2. The lowest BCUT2D eigenvalue weighted by atomic mass is 10.1. The van der Waals surface area contributed by atoms with Crippen LogP contribution in [0.5, 0.6) is 5.75 Å². The molecule has 1 heterocycles. The van der Waals surface area contributed by atoms with Crippen LogP contribution >= 0.6 is 23.2 Å². The van der Waals surface area contributed by atoms with Gasteiger partial charge in [-0.25, -0.2) is 5.01 Å². The average Bonchev–Trinajstić information content (AvgIpc) is 3.30. The summed E-state index contributed by atoms with van der Waals surface area (Å²) in [4.78, 5) is 14.7. The fourth-order valence-electron chi connectivity index (χ4n) is 4.21. The van der Waals surface area contributed by atoms with Gasteiger partial charge in [-0.3, -0.25) is 9.69 Å². The molecule has 5 nitrogen and oxygen atoms in total. The molecule has 1 aliphatic heterocycles. The van der Waals surface area contributed by atoms with Crippen molar-refractivity contribution in [2.24, 2.45) is 5.10 Å². The number of hydrazone groups is 1. The molecular weight excluding hydrogens is 505 g/mol. The summed E-state index contributed by atoms with van der Waals surface area (Å²) >= 11 is 12.1. The number of hydrogen-bond donors (Lipinski definition) is 0. The van der Waals surface area contributed by atoms with Crippen molar-refractivity contribution in [1.82, 2.24) is 0 Å². The summed E-state index contributed by atoms with van der Waals surface area (Å²) in [6.45, 7) is 4.01. The summed E-state index contributed by atoms with van der Waals surface area (Å²) < 4.78 is 5.99. The lowest BCUT2D eigenvalue weighted by Crippen LogP contribution is -2.37. The standard InChI is InChI=1S/C30H25Cl2N3O2/c1-20-3-13-26(14-4-20)34-29(21(2)36)33-35(27-15-11-25(32)12-16-27)30(34)23-7-17-28(18-8-23)37-19-22-5-9-24(31)10-6-22/h3-18,30H,19H2,1-2H3/t30-/m0/s1. The molecule has 37 heavy (non-hydrogen) atoms. The maximum absolute atomic E-state index is 12.8. The first-order chi connectivity index (χ1) is 17.9. The highest BCUT2D eigenvalue weighted by molar-refractivity contribution is 6.44. The number of aryl methyl sites for hydroxylation is 1. The highest BCUT2D eigenvalue weighted by atomic mass is 35.5. The molecule has 0 saturated carbocycles. The van der Waals surface area contributed by atoms with E-state index in [-0.39, 0.29) is 11.9 Å². The number of Topliss-reactive ketones (excluding diaryl/α,β-unsaturated/α-hetero) is 1. The molecule has 0 aliphatic carbocycles. The molecule has 4 aromatic carbocycles. The third kappa shape index (κ3) is 5.48. The Hall–Kier alpha value is -3.80. The van der Waals surface area contributed by atoms with Gasteiger partial charge in [0.25, 0.3) is 0 Å². The van der Waals surface area contributed by atoms with Crippen LogP contribution in [0, 0.1) is 6.92 Å². The highest BCUT2D eigenvalue weighted by Crippen LogP contribution is 2.39. The minimum atomic E-state index is -0.381. The van der Waals surface area contributed by atoms with E-state index in [4.69, 9.17) is 33.0 Å². The molecule has 0 fully saturated rings. The lowest BCUT2D eigenvalue weighted by Gasteiger charge is -2.32. The van der Waals surface area contributed by atoms with E-state index in [2.05, 4.69) is 0 Å². The van der Waals surface area contributed by atoms with Gasteiger partial charge in [0, 0.05) is 22.7 Å². The minimum absolute atomic E-state index is 0.120. The highest BCUT2D eigenvalue weighted by Gasteiger charge is 2.39. The van der Waals surface area contributed by atoms with Gasteiger partial charge in [0.1, 0.15) is 12.4 Å². The van der Waals surface area contributed by atoms with Gasteiger partial charge in [-0.2, -0.15) is 0 Å². The normalized spacial score (nSPS) is 15.0. The Bertz CT molecular complexity index is 1420. The quantitative estimate of drug-likeness (QED) is 0.245. The molecule has 0 unspecified atom stereocenters. The molecule has 0 amide bonds. The number of nitrogens with zero attached hydrogens (tertiary/aromatic N) is 3. The number of ether oxygens (including phenoxy) is 1. The van der Waals surface area contributed by atoms with E-state index in [9.17, 15) is 4.79 Å². The zero-order valence-corrected chi connectivity index (χ0v) is 21.9. The van der Waals surface area contributed by atoms with Gasteiger partial charge in [0.15, 0.2) is 17.8 Å². The van der Waals surface area contributed by atoms with Crippen LogP contribution in [0.4, 0.5) is 11.4 Å². The Morgan fingerprint density at radius 3 is 1.97 bits per heavy atom. The van der Waals surface area contributed by atoms with Crippen molar-refractivity contribution in [3.05, 3.63) is 124 Å². The lowest BCUT2D eigenvalue weighted by molar-refractivity contribution is -0.111. The van der Waals surface area contributed by atoms with Crippen LogP contribution in [-0.2, 0) is 11.4 Å². The Balaban J connectivity index is 1.49. The first-order valence-electron chi connectivity index (χ1n) is 11.9. The van der Waals surface area contributed by atoms with Crippen LogP contribution in [0.3, 0.4) is 0 Å². The second-order valence-electron chi connectivity index (χ2n) is 8.86. The van der Waals surface area contributed by atoms with Crippen molar-refractivity contribution in [3.63, 3.8) is 0 Å². The number of rotatable bonds is 7. The van der Waals surface area contributed by atoms with Gasteiger partial charge in [-0.05, 0) is 78.7 Å². The monoisotopic (exact) mass is 529 g/mol. The zero-order valence-electron chi connectivity index (χ0n) is 20.4. The smallest absolute Gasteiger partial charge is 0.198 e. The van der Waals surface area contributed by atoms with E-state index in [1.54, 1.807) is 0 Å². The molecule has 0 bridgehead atoms. The van der Waals surface area contributed by atoms with Crippen LogP contribution in [0.25, 0.3) is 0 Å². The molecule has 0 aromatic heterocycles. The molecule has 7 heteroatoms. The topological polar surface area (TPSA) is 45.1 Å². The summed E-state index contributed by atoms with van der Waals surface area (Å²) in [6.07, 6.45) is -0.381. The van der Waals surface area contributed by atoms with Crippen molar-refractivity contribution in [2.45, 2.75) is 26.6 Å². The predicted octanol–water partition coefficient (Wildman–Crippen LogP) is 7.81. The van der Waals surface area contributed by atoms with Gasteiger partial charge < -0.3 is 4.74 Å². The SMILES string of the molecule is CC(=O)C1=NN(c2ccc(Cl)cc2)[C@@H](c2ccc(OCc3ccc(Cl)cc3)cc2)N1c1ccc(C)cc1. The van der Waals surface area contributed by atoms with E-state index in [0.29, 0.717) is 22.5 Å². The van der Waals surface area contributed by atoms with Crippen molar-refractivity contribution in [2.75, 3.05) is 9.91 Å². The summed E-state index contributed by atoms with van der Waals surface area (Å²) in [5.41, 5.74) is 4.82. The number of hydrogen-bond acceptors (Lipinski definition) is 5. The second kappa shape index (κ2) is 10.7. The van der Waals surface area contributed by atoms with E-state index in [0.717, 1.165) is 33.8 Å². The van der Waals surface area contributed by atoms with Crippen LogP contribution in [0.2, 0.25) is 10.0 Å². The number of anilines is 2. The Morgan fingerprint density at radius 2 is 1.38 bits per heavy atom. The van der Waals surface area contributed by atoms with Crippen molar-refractivity contribution in [3.8, 4) is 5.75 Å². The van der Waals surface area contributed by atoms with E-state index in [1.807, 2.05) is 114 Å². The van der Waals surface area contributed by atoms with Crippen LogP contribution < -0.4 is 14.6 Å². The van der Waals surface area contributed by atoms with Gasteiger partial charge in [0.2, 0.25) is 0 Å². The Labute approximate surface area is 226 Å². The fraction of sp³-hybridized carbons (Fsp3) is 0.133. The van der Waals surface area contributed by atoms with Crippen molar-refractivity contribution >= 4 is 46.2 Å². The summed E-state index contributed by atoms with van der Waals surface area (Å²) in [5.74, 6) is 0.987. The molecule has 0 spiro atoms. The maximum atomic E-state index is 12.8. The number of amidine groups is 1. The number of benzene rings is 4. The predicted molar refractivity (Wildman–Crippen MR) is 151 cm³/mol. The van der Waals surface area contributed by atoms with E-state index < -0.39 is 0 Å². The Morgan fingerprint density at radius 1 is 0.811 bits per heavy atom. The molecular formula is C30H25Cl2N3O2. The number of carbonyl (C=O) groups is 1. The summed E-state index contributed by atoms with van der Waals surface area (Å²) in [6, 6.07) is 31.0. The molecule has 186 valence electrons. The molecule has 0 N–H and O–H groups in total. The van der Waals surface area contributed by atoms with Crippen molar-refractivity contribution < 1.29 is 9.53 Å².